The molecular formula is C45H43NO6P2. The first-order valence-electron chi connectivity index (χ1n) is 17.9. The van der Waals surface area contributed by atoms with Gasteiger partial charge in [0.05, 0.1) is 19.9 Å². The molecule has 1 aromatic heterocycles. The van der Waals surface area contributed by atoms with Gasteiger partial charge in [-0.1, -0.05) is 48.5 Å². The molecule has 0 fully saturated rings. The first-order chi connectivity index (χ1) is 26.0. The molecule has 0 saturated carbocycles. The van der Waals surface area contributed by atoms with E-state index in [-0.39, 0.29) is 0 Å². The molecule has 1 unspecified atom stereocenters. The number of methoxy groups -OCH3 is 2. The summed E-state index contributed by atoms with van der Waals surface area (Å²) in [6, 6.07) is 33.7. The lowest BCUT2D eigenvalue weighted by atomic mass is 9.95. The maximum atomic E-state index is 7.29. The number of fused-ring (bicyclic) bond motifs is 6. The van der Waals surface area contributed by atoms with E-state index in [0.717, 1.165) is 78.2 Å². The zero-order chi connectivity index (χ0) is 37.8. The second-order valence-corrected chi connectivity index (χ2v) is 16.8. The number of benzene rings is 6. The van der Waals surface area contributed by atoms with E-state index in [0.29, 0.717) is 16.9 Å². The first kappa shape index (κ1) is 35.7. The Balaban J connectivity index is 1.32. The third kappa shape index (κ3) is 6.26. The molecule has 0 amide bonds. The maximum Gasteiger partial charge on any atom is 0.453 e. The first-order valence-corrected chi connectivity index (χ1v) is 20.2. The number of para-hydroxylation sites is 1. The van der Waals surface area contributed by atoms with Crippen LogP contribution in [0.15, 0.2) is 105 Å². The SMILES string of the molecule is COc1cc(C)c2op(Oc3c(C)cc(C)cc3-c3cc(C)cc(C)c3OP3c4ccccc4-c4ccccc4N3C)oc3c(C)cc(OC)cc3c2c1. The Kier molecular flexibility index (Phi) is 9.34. The highest BCUT2D eigenvalue weighted by molar-refractivity contribution is 7.63. The fourth-order valence-corrected chi connectivity index (χ4v) is 10.7. The van der Waals surface area contributed by atoms with Crippen molar-refractivity contribution in [2.45, 2.75) is 41.5 Å². The van der Waals surface area contributed by atoms with Crippen LogP contribution in [0.2, 0.25) is 0 Å². The van der Waals surface area contributed by atoms with E-state index in [1.807, 2.05) is 38.1 Å². The van der Waals surface area contributed by atoms with Crippen molar-refractivity contribution < 1.29 is 26.9 Å². The van der Waals surface area contributed by atoms with Crippen molar-refractivity contribution in [3.63, 3.8) is 0 Å². The van der Waals surface area contributed by atoms with Crippen molar-refractivity contribution in [2.24, 2.45) is 0 Å². The van der Waals surface area contributed by atoms with E-state index in [4.69, 9.17) is 26.9 Å². The van der Waals surface area contributed by atoms with Crippen LogP contribution in [0, 0.1) is 41.5 Å². The van der Waals surface area contributed by atoms with Gasteiger partial charge in [-0.3, -0.25) is 0 Å². The summed E-state index contributed by atoms with van der Waals surface area (Å²) in [5.74, 6) is 2.95. The van der Waals surface area contributed by atoms with E-state index in [2.05, 4.69) is 112 Å². The highest BCUT2D eigenvalue weighted by atomic mass is 31.2. The molecule has 8 rings (SSSR count). The summed E-state index contributed by atoms with van der Waals surface area (Å²) in [5, 5.41) is 2.88. The van der Waals surface area contributed by atoms with Gasteiger partial charge in [0, 0.05) is 39.8 Å². The zero-order valence-corrected chi connectivity index (χ0v) is 33.8. The van der Waals surface area contributed by atoms with Crippen molar-refractivity contribution in [3.8, 4) is 45.3 Å². The Morgan fingerprint density at radius 3 is 1.57 bits per heavy atom. The average molecular weight is 756 g/mol. The quantitative estimate of drug-likeness (QED) is 0.150. The third-order valence-electron chi connectivity index (χ3n) is 9.99. The van der Waals surface area contributed by atoms with E-state index in [1.165, 1.54) is 16.4 Å². The minimum Gasteiger partial charge on any atom is -0.497 e. The molecule has 54 heavy (non-hydrogen) atoms. The molecule has 7 nitrogen and oxygen atoms in total. The summed E-state index contributed by atoms with van der Waals surface area (Å²) >= 11 is 0. The van der Waals surface area contributed by atoms with Crippen LogP contribution in [0.4, 0.5) is 5.69 Å². The Bertz CT molecular complexity index is 2580. The van der Waals surface area contributed by atoms with E-state index in [1.54, 1.807) is 14.2 Å². The molecule has 1 atom stereocenters. The molecular weight excluding hydrogens is 712 g/mol. The summed E-state index contributed by atoms with van der Waals surface area (Å²) in [6.45, 7) is 12.4. The normalized spacial score (nSPS) is 13.4. The molecule has 2 heterocycles. The summed E-state index contributed by atoms with van der Waals surface area (Å²) in [4.78, 5) is 0. The van der Waals surface area contributed by atoms with Gasteiger partial charge >= 0.3 is 8.24 Å². The van der Waals surface area contributed by atoms with Crippen molar-refractivity contribution in [2.75, 3.05) is 25.9 Å². The topological polar surface area (TPSA) is 66.4 Å². The minimum absolute atomic E-state index is 0.678. The summed E-state index contributed by atoms with van der Waals surface area (Å²) in [5.41, 5.74) is 12.8. The molecule has 1 aliphatic rings. The molecule has 0 saturated heterocycles. The monoisotopic (exact) mass is 755 g/mol. The Morgan fingerprint density at radius 1 is 0.519 bits per heavy atom. The smallest absolute Gasteiger partial charge is 0.453 e. The average Bonchev–Trinajstić information content (AvgIpc) is 3.32. The summed E-state index contributed by atoms with van der Waals surface area (Å²) < 4.78 is 41.4. The lowest BCUT2D eigenvalue weighted by Gasteiger charge is -2.36. The summed E-state index contributed by atoms with van der Waals surface area (Å²) in [6.07, 6.45) is 0. The van der Waals surface area contributed by atoms with Crippen LogP contribution >= 0.6 is 16.5 Å². The zero-order valence-electron chi connectivity index (χ0n) is 32.0. The lowest BCUT2D eigenvalue weighted by molar-refractivity contribution is 0.414. The second-order valence-electron chi connectivity index (χ2n) is 14.0. The van der Waals surface area contributed by atoms with Crippen LogP contribution in [0.3, 0.4) is 0 Å². The third-order valence-corrected chi connectivity index (χ3v) is 12.9. The van der Waals surface area contributed by atoms with Crippen molar-refractivity contribution in [3.05, 3.63) is 130 Å². The Labute approximate surface area is 318 Å². The number of rotatable bonds is 7. The molecule has 0 N–H and O–H groups in total. The molecule has 7 aromatic rings. The predicted octanol–water partition coefficient (Wildman–Crippen LogP) is 12.8. The van der Waals surface area contributed by atoms with E-state index >= 15 is 0 Å². The van der Waals surface area contributed by atoms with E-state index in [9.17, 15) is 0 Å². The van der Waals surface area contributed by atoms with Crippen LogP contribution < -0.4 is 28.5 Å². The van der Waals surface area contributed by atoms with Gasteiger partial charge in [0.1, 0.15) is 34.2 Å². The van der Waals surface area contributed by atoms with Crippen LogP contribution in [0.25, 0.3) is 44.2 Å². The summed E-state index contributed by atoms with van der Waals surface area (Å²) in [7, 11) is 2.25. The standard InChI is InChI=1S/C45H43NO6P2/c1-26-18-28(3)42(49-53-41-17-13-11-15-35(41)34-14-10-12-16-40(34)46(53)7)36(20-26)37-21-27(2)19-29(4)43(37)50-54-51-44-30(5)22-32(47-8)24-38(44)39-25-33(48-9)23-31(6)45(39)52-54/h10-25H,1-9H3. The largest absolute Gasteiger partial charge is 0.497 e. The van der Waals surface area contributed by atoms with Crippen molar-refractivity contribution in [1.29, 1.82) is 0 Å². The molecule has 0 bridgehead atoms. The van der Waals surface area contributed by atoms with Crippen LogP contribution in [0.5, 0.6) is 23.0 Å². The maximum absolute atomic E-state index is 7.29. The Hall–Kier alpha value is -5.35. The van der Waals surface area contributed by atoms with Gasteiger partial charge < -0.3 is 31.6 Å². The van der Waals surface area contributed by atoms with Gasteiger partial charge in [-0.05, 0) is 129 Å². The van der Waals surface area contributed by atoms with Crippen molar-refractivity contribution >= 4 is 49.5 Å². The number of aryl methyl sites for hydroxylation is 6. The predicted molar refractivity (Wildman–Crippen MR) is 223 cm³/mol. The van der Waals surface area contributed by atoms with Gasteiger partial charge in [0.25, 0.3) is 0 Å². The molecule has 9 heteroatoms. The highest BCUT2D eigenvalue weighted by Gasteiger charge is 2.33. The number of hydrogen-bond donors (Lipinski definition) is 0. The van der Waals surface area contributed by atoms with Gasteiger partial charge in [0.2, 0.25) is 8.30 Å². The second kappa shape index (κ2) is 14.1. The number of ether oxygens (including phenoxy) is 2. The number of nitrogens with zero attached hydrogens (tertiary/aromatic N) is 1. The molecule has 0 spiro atoms. The van der Waals surface area contributed by atoms with Gasteiger partial charge in [-0.25, -0.2) is 0 Å². The molecule has 274 valence electrons. The molecule has 0 radical (unpaired) electrons. The Morgan fingerprint density at radius 2 is 1.02 bits per heavy atom. The highest BCUT2D eigenvalue weighted by Crippen LogP contribution is 2.55. The van der Waals surface area contributed by atoms with E-state index < -0.39 is 16.5 Å². The fourth-order valence-electron chi connectivity index (χ4n) is 7.50. The van der Waals surface area contributed by atoms with Gasteiger partial charge in [-0.2, -0.15) is 0 Å². The fraction of sp³-hybridized carbons (Fsp3) is 0.200. The van der Waals surface area contributed by atoms with Crippen molar-refractivity contribution in [1.82, 2.24) is 0 Å². The number of hydrogen-bond acceptors (Lipinski definition) is 7. The minimum atomic E-state index is -1.98. The lowest BCUT2D eigenvalue weighted by Crippen LogP contribution is -2.27. The molecule has 0 aliphatic carbocycles. The van der Waals surface area contributed by atoms with Crippen LogP contribution in [0.1, 0.15) is 33.4 Å². The van der Waals surface area contributed by atoms with Crippen LogP contribution in [-0.4, -0.2) is 21.3 Å². The number of anilines is 1. The molecule has 6 aromatic carbocycles. The van der Waals surface area contributed by atoms with Crippen LogP contribution in [-0.2, 0) is 0 Å². The van der Waals surface area contributed by atoms with Gasteiger partial charge in [-0.15, -0.1) is 0 Å². The van der Waals surface area contributed by atoms with Gasteiger partial charge in [0.15, 0.2) is 0 Å². The molecule has 1 aliphatic heterocycles.